The lowest BCUT2D eigenvalue weighted by Gasteiger charge is -2.31. The Morgan fingerprint density at radius 2 is 1.44 bits per heavy atom. The van der Waals surface area contributed by atoms with Crippen molar-refractivity contribution in [2.45, 2.75) is 30.6 Å². The molecule has 0 amide bonds. The van der Waals surface area contributed by atoms with Crippen LogP contribution < -0.4 is 5.73 Å². The Morgan fingerprint density at radius 3 is 1.91 bits per heavy atom. The zero-order valence-corrected chi connectivity index (χ0v) is 16.7. The largest absolute Gasteiger partial charge is 0.435 e. The minimum atomic E-state index is -6.66. The molecule has 2 rings (SSSR count). The Kier molecular flexibility index (Phi) is 6.63. The number of halogens is 12. The van der Waals surface area contributed by atoms with Gasteiger partial charge in [0.2, 0.25) is 0 Å². The predicted molar refractivity (Wildman–Crippen MR) is 92.9 cm³/mol. The minimum absolute atomic E-state index is 0.158. The van der Waals surface area contributed by atoms with Gasteiger partial charge in [0, 0.05) is 16.5 Å². The molecule has 2 nitrogen and oxygen atoms in total. The Hall–Kier alpha value is -2.38. The third kappa shape index (κ3) is 4.55. The van der Waals surface area contributed by atoms with Crippen LogP contribution in [0.1, 0.15) is 27.0 Å². The van der Waals surface area contributed by atoms with E-state index in [-0.39, 0.29) is 6.07 Å². The van der Waals surface area contributed by atoms with Crippen molar-refractivity contribution < 1.29 is 53.1 Å². The van der Waals surface area contributed by atoms with E-state index in [4.69, 9.17) is 5.73 Å². The van der Waals surface area contributed by atoms with Crippen molar-refractivity contribution in [1.29, 1.82) is 0 Å². The third-order valence-electron chi connectivity index (χ3n) is 4.35. The van der Waals surface area contributed by atoms with Crippen LogP contribution >= 0.6 is 15.9 Å². The smallest absolute Gasteiger partial charge is 0.396 e. The summed E-state index contributed by atoms with van der Waals surface area (Å²) in [4.78, 5) is 12.3. The second-order valence-electron chi connectivity index (χ2n) is 6.44. The highest BCUT2D eigenvalue weighted by Gasteiger charge is 2.73. The number of Topliss-reactive ketones (excluding diaryl/α,β-unsaturated/α-hetero) is 1. The molecule has 2 aromatic carbocycles. The van der Waals surface area contributed by atoms with E-state index in [1.165, 1.54) is 0 Å². The van der Waals surface area contributed by atoms with Crippen LogP contribution in [0.25, 0.3) is 0 Å². The van der Waals surface area contributed by atoms with Crippen molar-refractivity contribution in [2.75, 3.05) is 5.73 Å². The fraction of sp³-hybridized carbons (Fsp3) is 0.278. The Balaban J connectivity index is 2.72. The molecular formula is C18H9BrF11NO. The molecule has 0 saturated carbocycles. The summed E-state index contributed by atoms with van der Waals surface area (Å²) in [7, 11) is 0. The maximum absolute atomic E-state index is 14.3. The van der Waals surface area contributed by atoms with E-state index in [1.807, 2.05) is 0 Å². The molecule has 0 radical (unpaired) electrons. The van der Waals surface area contributed by atoms with E-state index in [2.05, 4.69) is 15.9 Å². The zero-order valence-electron chi connectivity index (χ0n) is 15.1. The lowest BCUT2D eigenvalue weighted by molar-refractivity contribution is -0.348. The van der Waals surface area contributed by atoms with Gasteiger partial charge < -0.3 is 5.73 Å². The topological polar surface area (TPSA) is 43.1 Å². The Morgan fingerprint density at radius 1 is 0.906 bits per heavy atom. The van der Waals surface area contributed by atoms with Gasteiger partial charge in [-0.05, 0) is 29.8 Å². The van der Waals surface area contributed by atoms with Crippen LogP contribution in [0.2, 0.25) is 0 Å². The fourth-order valence-electron chi connectivity index (χ4n) is 2.78. The first-order chi connectivity index (χ1) is 14.3. The molecule has 2 aromatic rings. The van der Waals surface area contributed by atoms with Crippen LogP contribution in [0, 0.1) is 5.82 Å². The van der Waals surface area contributed by atoms with Gasteiger partial charge in [-0.1, -0.05) is 22.0 Å². The summed E-state index contributed by atoms with van der Waals surface area (Å²) in [6, 6.07) is 2.16. The van der Waals surface area contributed by atoms with Crippen molar-refractivity contribution in [2.24, 2.45) is 0 Å². The molecule has 2 N–H and O–H groups in total. The van der Waals surface area contributed by atoms with Gasteiger partial charge in [0.15, 0.2) is 11.6 Å². The quantitative estimate of drug-likeness (QED) is 0.259. The summed E-state index contributed by atoms with van der Waals surface area (Å²) in [5.41, 5.74) is -7.84. The molecule has 0 fully saturated rings. The second-order valence-corrected chi connectivity index (χ2v) is 7.30. The monoisotopic (exact) mass is 543 g/mol. The van der Waals surface area contributed by atoms with E-state index in [0.717, 1.165) is 18.2 Å². The Labute approximate surface area is 180 Å². The molecule has 0 spiro atoms. The van der Waals surface area contributed by atoms with Crippen LogP contribution in [0.5, 0.6) is 0 Å². The van der Waals surface area contributed by atoms with Crippen LogP contribution in [-0.4, -0.2) is 18.1 Å². The van der Waals surface area contributed by atoms with Crippen LogP contribution in [0.4, 0.5) is 54.0 Å². The highest BCUT2D eigenvalue weighted by Crippen LogP contribution is 2.54. The van der Waals surface area contributed by atoms with E-state index in [1.54, 1.807) is 0 Å². The molecule has 0 bridgehead atoms. The molecule has 176 valence electrons. The summed E-state index contributed by atoms with van der Waals surface area (Å²) in [6.45, 7) is 0. The number of hydrogen-bond donors (Lipinski definition) is 1. The molecule has 32 heavy (non-hydrogen) atoms. The van der Waals surface area contributed by atoms with Gasteiger partial charge in [-0.2, -0.15) is 39.5 Å². The first-order valence-corrected chi connectivity index (χ1v) is 8.91. The molecule has 0 aliphatic carbocycles. The van der Waals surface area contributed by atoms with Crippen molar-refractivity contribution in [3.05, 3.63) is 62.9 Å². The van der Waals surface area contributed by atoms with E-state index < -0.39 is 80.7 Å². The summed E-state index contributed by atoms with van der Waals surface area (Å²) in [5, 5.41) is 0. The molecular weight excluding hydrogens is 535 g/mol. The summed E-state index contributed by atoms with van der Waals surface area (Å²) < 4.78 is 145. The number of rotatable bonds is 4. The fourth-order valence-corrected chi connectivity index (χ4v) is 3.38. The van der Waals surface area contributed by atoms with Crippen molar-refractivity contribution in [1.82, 2.24) is 0 Å². The third-order valence-corrected chi connectivity index (χ3v) is 5.05. The Bertz CT molecular complexity index is 1030. The number of carbonyl (C=O) groups excluding carboxylic acids is 1. The van der Waals surface area contributed by atoms with Crippen molar-refractivity contribution >= 4 is 27.4 Å². The van der Waals surface area contributed by atoms with Gasteiger partial charge in [-0.15, -0.1) is 0 Å². The molecule has 0 saturated heterocycles. The number of anilines is 1. The molecule has 0 aliphatic heterocycles. The van der Waals surface area contributed by atoms with E-state index in [9.17, 15) is 53.1 Å². The number of ketones is 1. The molecule has 0 atom stereocenters. The van der Waals surface area contributed by atoms with E-state index >= 15 is 0 Å². The SMILES string of the molecule is Nc1cccc(C(=O)Cc2c(Br)cc(C(F)(C(F)(F)F)C(F)(F)F)cc2C(F)(F)F)c1F. The molecule has 0 heterocycles. The van der Waals surface area contributed by atoms with Gasteiger partial charge >= 0.3 is 24.2 Å². The normalized spacial score (nSPS) is 13.4. The number of nitrogen functional groups attached to an aromatic ring is 1. The maximum atomic E-state index is 14.3. The lowest BCUT2D eigenvalue weighted by atomic mass is 9.89. The van der Waals surface area contributed by atoms with Gasteiger partial charge in [0.05, 0.1) is 16.8 Å². The predicted octanol–water partition coefficient (Wildman–Crippen LogP) is 6.90. The van der Waals surface area contributed by atoms with Crippen LogP contribution in [0.15, 0.2) is 34.8 Å². The number of alkyl halides is 10. The summed E-state index contributed by atoms with van der Waals surface area (Å²) in [5.74, 6) is -2.59. The average molecular weight is 544 g/mol. The van der Waals surface area contributed by atoms with Crippen LogP contribution in [0.3, 0.4) is 0 Å². The molecule has 14 heteroatoms. The van der Waals surface area contributed by atoms with Gasteiger partial charge in [0.1, 0.15) is 0 Å². The maximum Gasteiger partial charge on any atom is 0.435 e. The highest BCUT2D eigenvalue weighted by atomic mass is 79.9. The lowest BCUT2D eigenvalue weighted by Crippen LogP contribution is -2.50. The standard InChI is InChI=1S/C18H9BrF11NO/c19-11-5-7(15(21,17(25,26)27)18(28,29)30)4-10(16(22,23)24)9(11)6-13(32)8-2-1-3-12(31)14(8)20/h1-5H,6,31H2. The number of hydrogen-bond acceptors (Lipinski definition) is 2. The van der Waals surface area contributed by atoms with Crippen LogP contribution in [-0.2, 0) is 18.3 Å². The molecule has 0 aliphatic rings. The summed E-state index contributed by atoms with van der Waals surface area (Å²) >= 11 is 2.38. The van der Waals surface area contributed by atoms with Gasteiger partial charge in [-0.3, -0.25) is 4.79 Å². The van der Waals surface area contributed by atoms with Crippen molar-refractivity contribution in [3.8, 4) is 0 Å². The number of carbonyl (C=O) groups is 1. The highest BCUT2D eigenvalue weighted by molar-refractivity contribution is 9.10. The van der Waals surface area contributed by atoms with Crippen molar-refractivity contribution in [3.63, 3.8) is 0 Å². The van der Waals surface area contributed by atoms with E-state index in [0.29, 0.717) is 0 Å². The average Bonchev–Trinajstić information content (AvgIpc) is 2.61. The first-order valence-electron chi connectivity index (χ1n) is 8.12. The number of benzene rings is 2. The van der Waals surface area contributed by atoms with Gasteiger partial charge in [0.25, 0.3) is 0 Å². The second kappa shape index (κ2) is 8.19. The van der Waals surface area contributed by atoms with Gasteiger partial charge in [-0.25, -0.2) is 8.78 Å². The number of nitrogens with two attached hydrogens (primary N) is 1. The molecule has 0 unspecified atom stereocenters. The summed E-state index contributed by atoms with van der Waals surface area (Å²) in [6.07, 6.45) is -20.2. The first kappa shape index (κ1) is 25.9. The minimum Gasteiger partial charge on any atom is -0.396 e. The molecule has 0 aromatic heterocycles. The zero-order chi connectivity index (χ0) is 24.9.